The van der Waals surface area contributed by atoms with Crippen LogP contribution >= 0.6 is 0 Å². The van der Waals surface area contributed by atoms with Gasteiger partial charge in [-0.15, -0.1) is 0 Å². The van der Waals surface area contributed by atoms with Crippen LogP contribution in [0.5, 0.6) is 0 Å². The maximum Gasteiger partial charge on any atom is 0.194 e. The molecule has 1 spiro atoms. The maximum atomic E-state index is 4.89. The third kappa shape index (κ3) is 2.82. The highest BCUT2D eigenvalue weighted by molar-refractivity contribution is 5.81. The Labute approximate surface area is 138 Å². The fraction of sp³-hybridized carbons (Fsp3) is 0.526. The summed E-state index contributed by atoms with van der Waals surface area (Å²) in [7, 11) is 0. The van der Waals surface area contributed by atoms with Crippen molar-refractivity contribution in [3.63, 3.8) is 0 Å². The molecule has 0 amide bonds. The molecule has 1 aromatic heterocycles. The number of rotatable bonds is 3. The van der Waals surface area contributed by atoms with Gasteiger partial charge in [-0.1, -0.05) is 24.6 Å². The highest BCUT2D eigenvalue weighted by Crippen LogP contribution is 2.47. The van der Waals surface area contributed by atoms with Crippen LogP contribution in [0.4, 0.5) is 0 Å². The number of benzene rings is 1. The van der Waals surface area contributed by atoms with E-state index in [0.29, 0.717) is 12.0 Å². The minimum Gasteiger partial charge on any atom is -0.357 e. The second-order valence-corrected chi connectivity index (χ2v) is 7.08. The van der Waals surface area contributed by atoms with E-state index in [9.17, 15) is 0 Å². The third-order valence-corrected chi connectivity index (χ3v) is 5.47. The number of aliphatic imine (C=N–C) groups is 1. The van der Waals surface area contributed by atoms with Gasteiger partial charge in [-0.05, 0) is 49.1 Å². The fourth-order valence-electron chi connectivity index (χ4n) is 4.01. The van der Waals surface area contributed by atoms with E-state index in [2.05, 4.69) is 52.5 Å². The van der Waals surface area contributed by atoms with Gasteiger partial charge in [0, 0.05) is 30.8 Å². The van der Waals surface area contributed by atoms with Crippen molar-refractivity contribution in [3.8, 4) is 0 Å². The average Bonchev–Trinajstić information content (AvgIpc) is 3.15. The van der Waals surface area contributed by atoms with Crippen LogP contribution in [0.15, 0.2) is 35.3 Å². The predicted molar refractivity (Wildman–Crippen MR) is 95.6 cm³/mol. The van der Waals surface area contributed by atoms with Crippen LogP contribution in [0.1, 0.15) is 38.3 Å². The summed E-state index contributed by atoms with van der Waals surface area (Å²) in [6.45, 7) is 6.12. The lowest BCUT2D eigenvalue weighted by Crippen LogP contribution is -2.42. The molecule has 0 bridgehead atoms. The lowest BCUT2D eigenvalue weighted by Gasteiger charge is -2.38. The second kappa shape index (κ2) is 5.91. The number of aromatic nitrogens is 1. The molecule has 0 unspecified atom stereocenters. The number of H-pyrrole nitrogens is 1. The molecule has 23 heavy (non-hydrogen) atoms. The van der Waals surface area contributed by atoms with Crippen LogP contribution < -0.4 is 5.32 Å². The van der Waals surface area contributed by atoms with Gasteiger partial charge in [-0.2, -0.15) is 0 Å². The molecule has 4 nitrogen and oxygen atoms in total. The number of nitrogens with one attached hydrogen (secondary N) is 2. The summed E-state index contributed by atoms with van der Waals surface area (Å²) >= 11 is 0. The maximum absolute atomic E-state index is 4.89. The largest absolute Gasteiger partial charge is 0.357 e. The van der Waals surface area contributed by atoms with E-state index in [1.54, 1.807) is 0 Å². The number of hydrogen-bond acceptors (Lipinski definition) is 1. The van der Waals surface area contributed by atoms with Crippen molar-refractivity contribution in [3.05, 3.63) is 36.0 Å². The standard InChI is InChI=1S/C19H26N4/c1-2-20-18(23-11-10-19(14-23)8-5-9-19)21-13-16-12-15-6-3-4-7-17(15)22-16/h3-4,6-7,12,22H,2,5,8-11,13-14H2,1H3,(H,20,21). The molecule has 2 heterocycles. The minimum atomic E-state index is 0.608. The first kappa shape index (κ1) is 14.6. The van der Waals surface area contributed by atoms with E-state index < -0.39 is 0 Å². The van der Waals surface area contributed by atoms with Gasteiger partial charge in [0.25, 0.3) is 0 Å². The number of aromatic amines is 1. The molecule has 2 aromatic rings. The highest BCUT2D eigenvalue weighted by atomic mass is 15.3. The Morgan fingerprint density at radius 2 is 2.17 bits per heavy atom. The average molecular weight is 310 g/mol. The lowest BCUT2D eigenvalue weighted by atomic mass is 9.68. The molecule has 0 atom stereocenters. The van der Waals surface area contributed by atoms with Crippen molar-refractivity contribution in [2.24, 2.45) is 10.4 Å². The second-order valence-electron chi connectivity index (χ2n) is 7.08. The lowest BCUT2D eigenvalue weighted by molar-refractivity contribution is 0.151. The van der Waals surface area contributed by atoms with Crippen molar-refractivity contribution >= 4 is 16.9 Å². The van der Waals surface area contributed by atoms with Crippen LogP contribution in [-0.2, 0) is 6.54 Å². The van der Waals surface area contributed by atoms with E-state index >= 15 is 0 Å². The Morgan fingerprint density at radius 1 is 1.30 bits per heavy atom. The summed E-state index contributed by atoms with van der Waals surface area (Å²) in [4.78, 5) is 10.8. The number of likely N-dealkylation sites (tertiary alicyclic amines) is 1. The van der Waals surface area contributed by atoms with Gasteiger partial charge in [0.05, 0.1) is 6.54 Å². The molecule has 1 aliphatic heterocycles. The smallest absolute Gasteiger partial charge is 0.194 e. The molecular weight excluding hydrogens is 284 g/mol. The number of hydrogen-bond donors (Lipinski definition) is 2. The normalized spacial score (nSPS) is 20.2. The van der Waals surface area contributed by atoms with Gasteiger partial charge >= 0.3 is 0 Å². The van der Waals surface area contributed by atoms with Crippen LogP contribution in [0.25, 0.3) is 10.9 Å². The first-order valence-electron chi connectivity index (χ1n) is 8.88. The fourth-order valence-corrected chi connectivity index (χ4v) is 4.01. The Morgan fingerprint density at radius 3 is 2.87 bits per heavy atom. The zero-order valence-electron chi connectivity index (χ0n) is 13.9. The van der Waals surface area contributed by atoms with Gasteiger partial charge in [0.15, 0.2) is 5.96 Å². The monoisotopic (exact) mass is 310 g/mol. The summed E-state index contributed by atoms with van der Waals surface area (Å²) in [5.41, 5.74) is 2.98. The van der Waals surface area contributed by atoms with Gasteiger partial charge < -0.3 is 15.2 Å². The van der Waals surface area contributed by atoms with Gasteiger partial charge in [-0.3, -0.25) is 0 Å². The Hall–Kier alpha value is -1.97. The van der Waals surface area contributed by atoms with Gasteiger partial charge in [0.1, 0.15) is 0 Å². The Bertz CT molecular complexity index is 678. The zero-order chi connectivity index (χ0) is 15.7. The van der Waals surface area contributed by atoms with Gasteiger partial charge in [-0.25, -0.2) is 4.99 Å². The van der Waals surface area contributed by atoms with E-state index in [1.165, 1.54) is 48.8 Å². The minimum absolute atomic E-state index is 0.608. The first-order valence-corrected chi connectivity index (χ1v) is 8.88. The Balaban J connectivity index is 1.49. The summed E-state index contributed by atoms with van der Waals surface area (Å²) in [6.07, 6.45) is 5.57. The quantitative estimate of drug-likeness (QED) is 0.673. The van der Waals surface area contributed by atoms with Crippen molar-refractivity contribution in [2.75, 3.05) is 19.6 Å². The molecule has 2 fully saturated rings. The van der Waals surface area contributed by atoms with E-state index in [-0.39, 0.29) is 0 Å². The molecule has 122 valence electrons. The molecule has 2 N–H and O–H groups in total. The SMILES string of the molecule is CCNC(=NCc1cc2ccccc2[nH]1)N1CCC2(CCC2)C1. The van der Waals surface area contributed by atoms with Crippen molar-refractivity contribution < 1.29 is 0 Å². The molecule has 4 heteroatoms. The van der Waals surface area contributed by atoms with Crippen LogP contribution in [-0.4, -0.2) is 35.5 Å². The number of fused-ring (bicyclic) bond motifs is 1. The van der Waals surface area contributed by atoms with Crippen LogP contribution in [0, 0.1) is 5.41 Å². The molecule has 2 aliphatic rings. The summed E-state index contributed by atoms with van der Waals surface area (Å²) < 4.78 is 0. The molecule has 0 radical (unpaired) electrons. The van der Waals surface area contributed by atoms with Crippen molar-refractivity contribution in [1.82, 2.24) is 15.2 Å². The zero-order valence-corrected chi connectivity index (χ0v) is 13.9. The summed E-state index contributed by atoms with van der Waals surface area (Å²) in [5.74, 6) is 1.08. The van der Waals surface area contributed by atoms with Gasteiger partial charge in [0.2, 0.25) is 0 Å². The molecule has 1 saturated carbocycles. The summed E-state index contributed by atoms with van der Waals surface area (Å²) in [5, 5.41) is 4.74. The van der Waals surface area contributed by atoms with E-state index in [1.807, 2.05) is 0 Å². The number of guanidine groups is 1. The highest BCUT2D eigenvalue weighted by Gasteiger charge is 2.43. The van der Waals surface area contributed by atoms with E-state index in [4.69, 9.17) is 4.99 Å². The number of nitrogens with zero attached hydrogens (tertiary/aromatic N) is 2. The third-order valence-electron chi connectivity index (χ3n) is 5.47. The van der Waals surface area contributed by atoms with Crippen molar-refractivity contribution in [2.45, 2.75) is 39.2 Å². The molecular formula is C19H26N4. The predicted octanol–water partition coefficient (Wildman–Crippen LogP) is 3.51. The van der Waals surface area contributed by atoms with Crippen LogP contribution in [0.2, 0.25) is 0 Å². The molecule has 1 aliphatic carbocycles. The van der Waals surface area contributed by atoms with E-state index in [0.717, 1.165) is 19.0 Å². The number of para-hydroxylation sites is 1. The Kier molecular flexibility index (Phi) is 3.76. The van der Waals surface area contributed by atoms with Crippen LogP contribution in [0.3, 0.4) is 0 Å². The topological polar surface area (TPSA) is 43.4 Å². The molecule has 4 rings (SSSR count). The first-order chi connectivity index (χ1) is 11.3. The molecule has 1 saturated heterocycles. The van der Waals surface area contributed by atoms with Crippen molar-refractivity contribution in [1.29, 1.82) is 0 Å². The molecule has 1 aromatic carbocycles. The summed E-state index contributed by atoms with van der Waals surface area (Å²) in [6, 6.07) is 10.6.